The van der Waals surface area contributed by atoms with Crippen molar-refractivity contribution < 1.29 is 14.3 Å². The van der Waals surface area contributed by atoms with Crippen LogP contribution in [0, 0.1) is 13.8 Å². The van der Waals surface area contributed by atoms with Crippen molar-refractivity contribution >= 4 is 29.0 Å². The quantitative estimate of drug-likeness (QED) is 0.397. The summed E-state index contributed by atoms with van der Waals surface area (Å²) in [4.78, 5) is 25.4. The Morgan fingerprint density at radius 2 is 1.82 bits per heavy atom. The predicted octanol–water partition coefficient (Wildman–Crippen LogP) is 5.38. The Kier molecular flexibility index (Phi) is 6.41. The van der Waals surface area contributed by atoms with Gasteiger partial charge in [0.05, 0.1) is 12.8 Å². The largest absolute Gasteiger partial charge is 0.495 e. The second-order valence-electron chi connectivity index (χ2n) is 7.01. The van der Waals surface area contributed by atoms with E-state index in [9.17, 15) is 4.79 Å². The average Bonchev–Trinajstić information content (AvgIpc) is 3.21. The lowest BCUT2D eigenvalue weighted by Gasteiger charge is -2.12. The van der Waals surface area contributed by atoms with Crippen LogP contribution in [0.4, 0.5) is 16.2 Å². The number of benzene rings is 2. The third-order valence-electron chi connectivity index (χ3n) is 4.62. The molecule has 4 rings (SSSR count). The van der Waals surface area contributed by atoms with Gasteiger partial charge in [-0.05, 0) is 56.3 Å². The number of ether oxygens (including phenoxy) is 2. The third-order valence-corrected chi connectivity index (χ3v) is 4.85. The number of urea groups is 1. The molecular formula is C23H21ClN6O3. The van der Waals surface area contributed by atoms with Gasteiger partial charge in [0.1, 0.15) is 29.0 Å². The molecule has 0 unspecified atom stereocenters. The summed E-state index contributed by atoms with van der Waals surface area (Å²) in [5.41, 5.74) is 1.04. The molecule has 0 radical (unpaired) electrons. The van der Waals surface area contributed by atoms with Crippen LogP contribution in [0.25, 0.3) is 5.82 Å². The van der Waals surface area contributed by atoms with Crippen LogP contribution in [0.3, 0.4) is 0 Å². The third kappa shape index (κ3) is 5.39. The number of imidazole rings is 1. The van der Waals surface area contributed by atoms with Crippen LogP contribution >= 0.6 is 11.6 Å². The van der Waals surface area contributed by atoms with E-state index in [0.29, 0.717) is 45.4 Å². The summed E-state index contributed by atoms with van der Waals surface area (Å²) in [6, 6.07) is 13.2. The van der Waals surface area contributed by atoms with E-state index in [2.05, 4.69) is 25.6 Å². The highest BCUT2D eigenvalue weighted by Crippen LogP contribution is 2.28. The van der Waals surface area contributed by atoms with Crippen molar-refractivity contribution in [1.82, 2.24) is 19.5 Å². The minimum absolute atomic E-state index is 0.400. The van der Waals surface area contributed by atoms with E-state index in [0.717, 1.165) is 5.82 Å². The summed E-state index contributed by atoms with van der Waals surface area (Å²) in [6.45, 7) is 3.69. The predicted molar refractivity (Wildman–Crippen MR) is 126 cm³/mol. The summed E-state index contributed by atoms with van der Waals surface area (Å²) in [5, 5.41) is 5.96. The number of amides is 2. The first-order valence-corrected chi connectivity index (χ1v) is 10.3. The van der Waals surface area contributed by atoms with Crippen molar-refractivity contribution in [3.8, 4) is 23.2 Å². The van der Waals surface area contributed by atoms with Gasteiger partial charge in [0.2, 0.25) is 5.88 Å². The maximum absolute atomic E-state index is 12.4. The molecule has 4 aromatic rings. The Morgan fingerprint density at radius 3 is 2.52 bits per heavy atom. The number of carbonyl (C=O) groups excluding carboxylic acids is 1. The second-order valence-corrected chi connectivity index (χ2v) is 7.44. The zero-order valence-corrected chi connectivity index (χ0v) is 18.9. The number of methoxy groups -OCH3 is 1. The van der Waals surface area contributed by atoms with Crippen LogP contribution in [0.1, 0.15) is 11.6 Å². The number of nitrogens with zero attached hydrogens (tertiary/aromatic N) is 4. The van der Waals surface area contributed by atoms with Gasteiger partial charge < -0.3 is 20.1 Å². The van der Waals surface area contributed by atoms with Gasteiger partial charge in [-0.25, -0.2) is 14.8 Å². The smallest absolute Gasteiger partial charge is 0.323 e. The number of rotatable bonds is 6. The van der Waals surface area contributed by atoms with Gasteiger partial charge in [-0.3, -0.25) is 4.57 Å². The normalized spacial score (nSPS) is 10.5. The second kappa shape index (κ2) is 9.58. The van der Waals surface area contributed by atoms with Crippen molar-refractivity contribution in [3.63, 3.8) is 0 Å². The monoisotopic (exact) mass is 464 g/mol. The number of aromatic nitrogens is 4. The molecule has 0 saturated carbocycles. The highest BCUT2D eigenvalue weighted by Gasteiger charge is 2.10. The molecule has 10 heteroatoms. The SMILES string of the molecule is COc1ccc(Cl)cc1NC(=O)Nc1ccc(Oc2cc(-n3ccnc3C)nc(C)n2)cc1. The molecule has 0 spiro atoms. The lowest BCUT2D eigenvalue weighted by Crippen LogP contribution is -2.19. The van der Waals surface area contributed by atoms with E-state index in [4.69, 9.17) is 21.1 Å². The fraction of sp³-hybridized carbons (Fsp3) is 0.130. The zero-order chi connectivity index (χ0) is 23.4. The van der Waals surface area contributed by atoms with Gasteiger partial charge >= 0.3 is 6.03 Å². The summed E-state index contributed by atoms with van der Waals surface area (Å²) >= 11 is 6.00. The minimum atomic E-state index is -0.434. The van der Waals surface area contributed by atoms with Gasteiger partial charge in [0.25, 0.3) is 0 Å². The Hall–Kier alpha value is -4.11. The fourth-order valence-corrected chi connectivity index (χ4v) is 3.28. The van der Waals surface area contributed by atoms with Crippen molar-refractivity contribution in [1.29, 1.82) is 0 Å². The number of aryl methyl sites for hydroxylation is 2. The summed E-state index contributed by atoms with van der Waals surface area (Å²) in [6.07, 6.45) is 3.53. The van der Waals surface area contributed by atoms with Crippen LogP contribution in [-0.4, -0.2) is 32.7 Å². The Bertz CT molecular complexity index is 1290. The summed E-state index contributed by atoms with van der Waals surface area (Å²) in [7, 11) is 1.52. The molecule has 2 N–H and O–H groups in total. The number of anilines is 2. The first kappa shape index (κ1) is 22.1. The first-order valence-electron chi connectivity index (χ1n) is 9.97. The van der Waals surface area contributed by atoms with Crippen molar-refractivity contribution in [2.45, 2.75) is 13.8 Å². The molecule has 33 heavy (non-hydrogen) atoms. The molecule has 0 saturated heterocycles. The van der Waals surface area contributed by atoms with E-state index in [1.807, 2.05) is 17.7 Å². The van der Waals surface area contributed by atoms with Crippen molar-refractivity contribution in [2.75, 3.05) is 17.7 Å². The van der Waals surface area contributed by atoms with E-state index in [-0.39, 0.29) is 0 Å². The highest BCUT2D eigenvalue weighted by atomic mass is 35.5. The molecule has 2 aromatic carbocycles. The molecule has 2 heterocycles. The van der Waals surface area contributed by atoms with Gasteiger partial charge in [0, 0.05) is 29.2 Å². The van der Waals surface area contributed by atoms with E-state index < -0.39 is 6.03 Å². The minimum Gasteiger partial charge on any atom is -0.495 e. The van der Waals surface area contributed by atoms with Crippen LogP contribution < -0.4 is 20.1 Å². The standard InChI is InChI=1S/C23H21ClN6O3/c1-14-26-21(30-11-10-25-15(30)2)13-22(27-14)33-18-7-5-17(6-8-18)28-23(31)29-19-12-16(24)4-9-20(19)32-3/h4-13H,1-3H3,(H2,28,29,31). The molecule has 2 amide bonds. The molecular weight excluding hydrogens is 444 g/mol. The van der Waals surface area contributed by atoms with Crippen molar-refractivity contribution in [3.05, 3.63) is 77.6 Å². The van der Waals surface area contributed by atoms with Crippen LogP contribution in [0.2, 0.25) is 5.02 Å². The lowest BCUT2D eigenvalue weighted by atomic mass is 10.3. The maximum Gasteiger partial charge on any atom is 0.323 e. The van der Waals surface area contributed by atoms with Gasteiger partial charge in [-0.15, -0.1) is 0 Å². The van der Waals surface area contributed by atoms with Crippen molar-refractivity contribution in [2.24, 2.45) is 0 Å². The van der Waals surface area contributed by atoms with E-state index >= 15 is 0 Å². The molecule has 0 aliphatic heterocycles. The zero-order valence-electron chi connectivity index (χ0n) is 18.2. The number of carbonyl (C=O) groups is 1. The maximum atomic E-state index is 12.4. The fourth-order valence-electron chi connectivity index (χ4n) is 3.11. The van der Waals surface area contributed by atoms with Gasteiger partial charge in [0.15, 0.2) is 0 Å². The molecule has 168 valence electrons. The van der Waals surface area contributed by atoms with Crippen LogP contribution in [-0.2, 0) is 0 Å². The topological polar surface area (TPSA) is 103 Å². The Balaban J connectivity index is 1.43. The molecule has 0 bridgehead atoms. The number of hydrogen-bond acceptors (Lipinski definition) is 6. The summed E-state index contributed by atoms with van der Waals surface area (Å²) in [5.74, 6) is 3.51. The molecule has 9 nitrogen and oxygen atoms in total. The number of hydrogen-bond donors (Lipinski definition) is 2. The average molecular weight is 465 g/mol. The number of nitrogens with one attached hydrogen (secondary N) is 2. The Morgan fingerprint density at radius 1 is 1.03 bits per heavy atom. The van der Waals surface area contributed by atoms with Gasteiger partial charge in [-0.2, -0.15) is 4.98 Å². The van der Waals surface area contributed by atoms with Gasteiger partial charge in [-0.1, -0.05) is 11.6 Å². The number of halogens is 1. The van der Waals surface area contributed by atoms with Crippen LogP contribution in [0.5, 0.6) is 17.4 Å². The van der Waals surface area contributed by atoms with E-state index in [1.54, 1.807) is 61.7 Å². The molecule has 2 aromatic heterocycles. The first-order chi connectivity index (χ1) is 15.9. The molecule has 0 aliphatic rings. The van der Waals surface area contributed by atoms with Crippen LogP contribution in [0.15, 0.2) is 60.9 Å². The van der Waals surface area contributed by atoms with E-state index in [1.165, 1.54) is 7.11 Å². The summed E-state index contributed by atoms with van der Waals surface area (Å²) < 4.78 is 13.0. The molecule has 0 fully saturated rings. The molecule has 0 atom stereocenters. The lowest BCUT2D eigenvalue weighted by molar-refractivity contribution is 0.262. The highest BCUT2D eigenvalue weighted by molar-refractivity contribution is 6.31. The Labute approximate surface area is 195 Å². The molecule has 0 aliphatic carbocycles.